The highest BCUT2D eigenvalue weighted by Crippen LogP contribution is 2.21. The van der Waals surface area contributed by atoms with Crippen molar-refractivity contribution >= 4 is 18.0 Å². The summed E-state index contributed by atoms with van der Waals surface area (Å²) < 4.78 is 15.3. The SMILES string of the molecule is C.Nc1ncc(-c2ccccc2)o1.Nc1ncc(-c2ccccn2)o1.Nc1ncc(-c2ccncc2)o1. The Morgan fingerprint density at radius 3 is 1.43 bits per heavy atom. The lowest BCUT2D eigenvalue weighted by atomic mass is 10.2. The Morgan fingerprint density at radius 1 is 0.486 bits per heavy atom. The third-order valence-electron chi connectivity index (χ3n) is 4.51. The summed E-state index contributed by atoms with van der Waals surface area (Å²) in [6.07, 6.45) is 9.82. The topological polar surface area (TPSA) is 182 Å². The van der Waals surface area contributed by atoms with E-state index in [0.29, 0.717) is 17.3 Å². The van der Waals surface area contributed by atoms with Crippen LogP contribution >= 0.6 is 0 Å². The van der Waals surface area contributed by atoms with Gasteiger partial charge < -0.3 is 30.5 Å². The standard InChI is InChI=1S/C9H8N2O.2C8H7N3O.CH4/c10-9-11-6-8(12-9)7-4-2-1-3-5-7;9-8-11-5-7(12-8)6-1-3-10-4-2-6;9-8-11-5-7(12-8)6-3-1-2-4-10-6;/h1-6H,(H2,10,11);2*1-5H,(H2,9,11);1H4. The molecular formula is C26H26N8O3. The van der Waals surface area contributed by atoms with E-state index >= 15 is 0 Å². The van der Waals surface area contributed by atoms with Gasteiger partial charge in [0.1, 0.15) is 5.69 Å². The number of nitrogens with two attached hydrogens (primary N) is 3. The Bertz CT molecular complexity index is 1290. The van der Waals surface area contributed by atoms with E-state index < -0.39 is 0 Å². The van der Waals surface area contributed by atoms with Gasteiger partial charge >= 0.3 is 0 Å². The van der Waals surface area contributed by atoms with E-state index in [1.165, 1.54) is 0 Å². The molecule has 0 aliphatic rings. The predicted octanol–water partition coefficient (Wildman–Crippen LogP) is 5.20. The summed E-state index contributed by atoms with van der Waals surface area (Å²) in [5.41, 5.74) is 18.6. The summed E-state index contributed by atoms with van der Waals surface area (Å²) in [5, 5.41) is 0. The van der Waals surface area contributed by atoms with Crippen LogP contribution in [0, 0.1) is 0 Å². The van der Waals surface area contributed by atoms with E-state index in [1.807, 2.05) is 60.7 Å². The number of benzene rings is 1. The van der Waals surface area contributed by atoms with E-state index in [0.717, 1.165) is 16.8 Å². The zero-order valence-electron chi connectivity index (χ0n) is 18.9. The maximum Gasteiger partial charge on any atom is 0.292 e. The normalized spacial score (nSPS) is 9.73. The Hall–Kier alpha value is -5.45. The van der Waals surface area contributed by atoms with Gasteiger partial charge in [-0.25, -0.2) is 15.0 Å². The maximum absolute atomic E-state index is 5.34. The van der Waals surface area contributed by atoms with Gasteiger partial charge in [-0.2, -0.15) is 0 Å². The number of anilines is 3. The van der Waals surface area contributed by atoms with Crippen LogP contribution in [0.3, 0.4) is 0 Å². The minimum absolute atomic E-state index is 0. The molecule has 1 aromatic carbocycles. The molecule has 188 valence electrons. The second-order valence-electron chi connectivity index (χ2n) is 7.01. The first-order valence-corrected chi connectivity index (χ1v) is 10.6. The molecule has 0 amide bonds. The molecule has 0 saturated carbocycles. The molecule has 6 N–H and O–H groups in total. The van der Waals surface area contributed by atoms with Crippen molar-refractivity contribution in [3.05, 3.63) is 97.8 Å². The van der Waals surface area contributed by atoms with E-state index in [2.05, 4.69) is 24.9 Å². The number of nitrogen functional groups attached to an aromatic ring is 3. The molecule has 0 radical (unpaired) electrons. The molecule has 0 unspecified atom stereocenters. The third kappa shape index (κ3) is 7.52. The molecule has 0 spiro atoms. The fourth-order valence-corrected chi connectivity index (χ4v) is 2.88. The van der Waals surface area contributed by atoms with Crippen molar-refractivity contribution in [3.63, 3.8) is 0 Å². The van der Waals surface area contributed by atoms with Crippen molar-refractivity contribution < 1.29 is 13.3 Å². The second-order valence-corrected chi connectivity index (χ2v) is 7.01. The fourth-order valence-electron chi connectivity index (χ4n) is 2.88. The van der Waals surface area contributed by atoms with Crippen molar-refractivity contribution in [1.82, 2.24) is 24.9 Å². The van der Waals surface area contributed by atoms with E-state index in [4.69, 9.17) is 30.5 Å². The van der Waals surface area contributed by atoms with Crippen LogP contribution in [-0.4, -0.2) is 24.9 Å². The van der Waals surface area contributed by atoms with Gasteiger partial charge in [0.25, 0.3) is 18.0 Å². The number of pyridine rings is 2. The highest BCUT2D eigenvalue weighted by molar-refractivity contribution is 5.57. The van der Waals surface area contributed by atoms with Crippen LogP contribution in [0.4, 0.5) is 18.0 Å². The van der Waals surface area contributed by atoms with E-state index in [1.54, 1.807) is 37.2 Å². The van der Waals surface area contributed by atoms with Crippen LogP contribution in [0.15, 0.2) is 111 Å². The average Bonchev–Trinajstić information content (AvgIpc) is 3.68. The van der Waals surface area contributed by atoms with Gasteiger partial charge in [-0.15, -0.1) is 0 Å². The lowest BCUT2D eigenvalue weighted by Gasteiger charge is -1.92. The number of hydrogen-bond donors (Lipinski definition) is 3. The summed E-state index contributed by atoms with van der Waals surface area (Å²) in [7, 11) is 0. The molecule has 0 aliphatic heterocycles. The highest BCUT2D eigenvalue weighted by Gasteiger charge is 2.04. The predicted molar refractivity (Wildman–Crippen MR) is 141 cm³/mol. The van der Waals surface area contributed by atoms with Gasteiger partial charge in [-0.3, -0.25) is 9.97 Å². The van der Waals surface area contributed by atoms with Crippen molar-refractivity contribution in [1.29, 1.82) is 0 Å². The van der Waals surface area contributed by atoms with Crippen LogP contribution < -0.4 is 17.2 Å². The molecule has 6 rings (SSSR count). The number of rotatable bonds is 3. The fraction of sp³-hybridized carbons (Fsp3) is 0.0385. The molecule has 11 nitrogen and oxygen atoms in total. The van der Waals surface area contributed by atoms with Gasteiger partial charge in [0.15, 0.2) is 17.3 Å². The number of nitrogens with zero attached hydrogens (tertiary/aromatic N) is 5. The Balaban J connectivity index is 0.000000152. The largest absolute Gasteiger partial charge is 0.424 e. The summed E-state index contributed by atoms with van der Waals surface area (Å²) in [6, 6.07) is 19.5. The van der Waals surface area contributed by atoms with Crippen molar-refractivity contribution in [2.45, 2.75) is 7.43 Å². The van der Waals surface area contributed by atoms with Crippen molar-refractivity contribution in [3.8, 4) is 34.1 Å². The zero-order chi connectivity index (χ0) is 25.2. The smallest absolute Gasteiger partial charge is 0.292 e. The number of oxazole rings is 3. The minimum Gasteiger partial charge on any atom is -0.424 e. The lowest BCUT2D eigenvalue weighted by Crippen LogP contribution is -1.80. The van der Waals surface area contributed by atoms with Crippen molar-refractivity contribution in [2.75, 3.05) is 17.2 Å². The molecule has 5 aromatic heterocycles. The Morgan fingerprint density at radius 2 is 0.973 bits per heavy atom. The quantitative estimate of drug-likeness (QED) is 0.291. The molecule has 0 fully saturated rings. The molecular weight excluding hydrogens is 472 g/mol. The van der Waals surface area contributed by atoms with Gasteiger partial charge in [0.2, 0.25) is 0 Å². The van der Waals surface area contributed by atoms with Crippen LogP contribution in [0.1, 0.15) is 7.43 Å². The molecule has 37 heavy (non-hydrogen) atoms. The summed E-state index contributed by atoms with van der Waals surface area (Å²) >= 11 is 0. The van der Waals surface area contributed by atoms with Gasteiger partial charge in [-0.05, 0) is 24.3 Å². The molecule has 6 aromatic rings. The molecule has 0 bridgehead atoms. The van der Waals surface area contributed by atoms with Gasteiger partial charge in [-0.1, -0.05) is 43.8 Å². The maximum atomic E-state index is 5.34. The van der Waals surface area contributed by atoms with Gasteiger partial charge in [0, 0.05) is 29.7 Å². The molecule has 0 saturated heterocycles. The third-order valence-corrected chi connectivity index (χ3v) is 4.51. The molecule has 0 aliphatic carbocycles. The lowest BCUT2D eigenvalue weighted by molar-refractivity contribution is 0.592. The zero-order valence-corrected chi connectivity index (χ0v) is 18.9. The first-order valence-electron chi connectivity index (χ1n) is 10.6. The van der Waals surface area contributed by atoms with Crippen LogP contribution in [0.25, 0.3) is 34.1 Å². The summed E-state index contributed by atoms with van der Waals surface area (Å²) in [6.45, 7) is 0. The summed E-state index contributed by atoms with van der Waals surface area (Å²) in [5.74, 6) is 1.95. The molecule has 5 heterocycles. The Kier molecular flexibility index (Phi) is 9.09. The number of aromatic nitrogens is 5. The van der Waals surface area contributed by atoms with E-state index in [-0.39, 0.29) is 25.5 Å². The molecule has 0 atom stereocenters. The first kappa shape index (κ1) is 26.2. The summed E-state index contributed by atoms with van der Waals surface area (Å²) in [4.78, 5) is 19.3. The van der Waals surface area contributed by atoms with Crippen LogP contribution in [-0.2, 0) is 0 Å². The van der Waals surface area contributed by atoms with E-state index in [9.17, 15) is 0 Å². The van der Waals surface area contributed by atoms with Gasteiger partial charge in [0.05, 0.1) is 18.6 Å². The molecule has 11 heteroatoms. The second kappa shape index (κ2) is 12.9. The van der Waals surface area contributed by atoms with Crippen molar-refractivity contribution in [2.24, 2.45) is 0 Å². The number of hydrogen-bond acceptors (Lipinski definition) is 11. The first-order chi connectivity index (χ1) is 17.6. The van der Waals surface area contributed by atoms with Crippen LogP contribution in [0.5, 0.6) is 0 Å². The highest BCUT2D eigenvalue weighted by atomic mass is 16.4. The van der Waals surface area contributed by atoms with Crippen LogP contribution in [0.2, 0.25) is 0 Å². The monoisotopic (exact) mass is 498 g/mol. The minimum atomic E-state index is 0. The average molecular weight is 499 g/mol. The Labute approximate surface area is 213 Å².